The summed E-state index contributed by atoms with van der Waals surface area (Å²) in [6.45, 7) is 3.28. The number of Topliss-reactive ketones (excluding diaryl/α,β-unsaturated/α-hetero) is 1. The summed E-state index contributed by atoms with van der Waals surface area (Å²) in [4.78, 5) is 22.7. The fourth-order valence-corrected chi connectivity index (χ4v) is 1.15. The van der Waals surface area contributed by atoms with Crippen molar-refractivity contribution in [2.24, 2.45) is 5.92 Å². The van der Waals surface area contributed by atoms with Crippen molar-refractivity contribution in [3.8, 4) is 0 Å². The molecule has 1 aromatic rings. The standard InChI is InChI=1S/C12H14FNO2/c1-8(2)12(16)14-7-11(15)9-5-3-4-6-10(9)13/h3-6,8H,7H2,1-2H3,(H,14,16). The van der Waals surface area contributed by atoms with E-state index >= 15 is 0 Å². The van der Waals surface area contributed by atoms with Crippen molar-refractivity contribution in [1.82, 2.24) is 5.32 Å². The Labute approximate surface area is 93.7 Å². The molecular formula is C12H14FNO2. The highest BCUT2D eigenvalue weighted by atomic mass is 19.1. The maximum absolute atomic E-state index is 13.2. The summed E-state index contributed by atoms with van der Waals surface area (Å²) in [5.41, 5.74) is 0.00607. The van der Waals surface area contributed by atoms with Crippen molar-refractivity contribution < 1.29 is 14.0 Å². The topological polar surface area (TPSA) is 46.2 Å². The number of hydrogen-bond donors (Lipinski definition) is 1. The van der Waals surface area contributed by atoms with Gasteiger partial charge in [-0.1, -0.05) is 26.0 Å². The largest absolute Gasteiger partial charge is 0.348 e. The molecule has 1 amide bonds. The van der Waals surface area contributed by atoms with Crippen molar-refractivity contribution >= 4 is 11.7 Å². The van der Waals surface area contributed by atoms with Crippen molar-refractivity contribution in [3.63, 3.8) is 0 Å². The van der Waals surface area contributed by atoms with Crippen LogP contribution in [0.15, 0.2) is 24.3 Å². The highest BCUT2D eigenvalue weighted by molar-refractivity contribution is 5.99. The minimum atomic E-state index is -0.564. The number of nitrogens with one attached hydrogen (secondary N) is 1. The van der Waals surface area contributed by atoms with Gasteiger partial charge in [-0.25, -0.2) is 4.39 Å². The molecule has 0 saturated heterocycles. The molecule has 1 N–H and O–H groups in total. The number of rotatable bonds is 4. The molecule has 0 aliphatic rings. The second kappa shape index (κ2) is 5.39. The van der Waals surface area contributed by atoms with Gasteiger partial charge in [0.05, 0.1) is 12.1 Å². The average Bonchev–Trinajstić information content (AvgIpc) is 2.25. The van der Waals surface area contributed by atoms with E-state index < -0.39 is 11.6 Å². The van der Waals surface area contributed by atoms with Gasteiger partial charge in [-0.3, -0.25) is 9.59 Å². The van der Waals surface area contributed by atoms with E-state index in [-0.39, 0.29) is 23.9 Å². The monoisotopic (exact) mass is 223 g/mol. The van der Waals surface area contributed by atoms with Crippen LogP contribution in [0.4, 0.5) is 4.39 Å². The van der Waals surface area contributed by atoms with Gasteiger partial charge in [0, 0.05) is 5.92 Å². The lowest BCUT2D eigenvalue weighted by Crippen LogP contribution is -2.32. The summed E-state index contributed by atoms with van der Waals surface area (Å²) in [5, 5.41) is 2.45. The third kappa shape index (κ3) is 3.15. The molecule has 0 atom stereocenters. The van der Waals surface area contributed by atoms with Gasteiger partial charge in [0.1, 0.15) is 5.82 Å². The van der Waals surface area contributed by atoms with Crippen LogP contribution in [0, 0.1) is 11.7 Å². The maximum Gasteiger partial charge on any atom is 0.222 e. The molecule has 0 aromatic heterocycles. The molecule has 0 radical (unpaired) electrons. The second-order valence-electron chi connectivity index (χ2n) is 3.78. The molecule has 16 heavy (non-hydrogen) atoms. The number of carbonyl (C=O) groups is 2. The van der Waals surface area contributed by atoms with E-state index in [9.17, 15) is 14.0 Å². The predicted octanol–water partition coefficient (Wildman–Crippen LogP) is 1.78. The first-order chi connectivity index (χ1) is 7.52. The van der Waals surface area contributed by atoms with Gasteiger partial charge in [-0.15, -0.1) is 0 Å². The van der Waals surface area contributed by atoms with E-state index in [4.69, 9.17) is 0 Å². The van der Waals surface area contributed by atoms with Gasteiger partial charge in [0.2, 0.25) is 5.91 Å². The summed E-state index contributed by atoms with van der Waals surface area (Å²) in [6.07, 6.45) is 0. The molecule has 0 aliphatic carbocycles. The molecule has 0 aliphatic heterocycles. The second-order valence-corrected chi connectivity index (χ2v) is 3.78. The quantitative estimate of drug-likeness (QED) is 0.791. The molecule has 4 heteroatoms. The maximum atomic E-state index is 13.2. The van der Waals surface area contributed by atoms with Crippen LogP contribution in [-0.2, 0) is 4.79 Å². The first kappa shape index (κ1) is 12.4. The molecule has 0 fully saturated rings. The van der Waals surface area contributed by atoms with Crippen LogP contribution in [0.25, 0.3) is 0 Å². The van der Waals surface area contributed by atoms with Crippen LogP contribution >= 0.6 is 0 Å². The van der Waals surface area contributed by atoms with E-state index in [1.165, 1.54) is 18.2 Å². The van der Waals surface area contributed by atoms with Crippen molar-refractivity contribution in [1.29, 1.82) is 0 Å². The molecule has 0 saturated carbocycles. The normalized spacial score (nSPS) is 10.2. The lowest BCUT2D eigenvalue weighted by molar-refractivity contribution is -0.123. The van der Waals surface area contributed by atoms with Crippen LogP contribution in [0.2, 0.25) is 0 Å². The van der Waals surface area contributed by atoms with Gasteiger partial charge < -0.3 is 5.32 Å². The molecule has 0 unspecified atom stereocenters. The van der Waals surface area contributed by atoms with Gasteiger partial charge in [-0.05, 0) is 12.1 Å². The van der Waals surface area contributed by atoms with E-state index in [0.717, 1.165) is 0 Å². The zero-order valence-corrected chi connectivity index (χ0v) is 9.29. The van der Waals surface area contributed by atoms with Crippen molar-refractivity contribution in [3.05, 3.63) is 35.6 Å². The number of carbonyl (C=O) groups excluding carboxylic acids is 2. The average molecular weight is 223 g/mol. The van der Waals surface area contributed by atoms with E-state index in [1.54, 1.807) is 19.9 Å². The minimum Gasteiger partial charge on any atom is -0.348 e. The predicted molar refractivity (Wildman–Crippen MR) is 58.6 cm³/mol. The number of benzene rings is 1. The summed E-state index contributed by atoms with van der Waals surface area (Å²) in [6, 6.07) is 5.72. The summed E-state index contributed by atoms with van der Waals surface area (Å²) in [5.74, 6) is -1.39. The number of halogens is 1. The lowest BCUT2D eigenvalue weighted by Gasteiger charge is -2.07. The summed E-state index contributed by atoms with van der Waals surface area (Å²) < 4.78 is 13.2. The minimum absolute atomic E-state index is 0.00607. The molecule has 1 rings (SSSR count). The zero-order valence-electron chi connectivity index (χ0n) is 9.29. The van der Waals surface area contributed by atoms with Gasteiger partial charge >= 0.3 is 0 Å². The van der Waals surface area contributed by atoms with E-state index in [2.05, 4.69) is 5.32 Å². The highest BCUT2D eigenvalue weighted by Crippen LogP contribution is 2.06. The molecule has 3 nitrogen and oxygen atoms in total. The SMILES string of the molecule is CC(C)C(=O)NCC(=O)c1ccccc1F. The molecule has 86 valence electrons. The molecule has 0 heterocycles. The van der Waals surface area contributed by atoms with E-state index in [0.29, 0.717) is 0 Å². The fraction of sp³-hybridized carbons (Fsp3) is 0.333. The Bertz CT molecular complexity index is 402. The van der Waals surface area contributed by atoms with Crippen LogP contribution in [0.3, 0.4) is 0 Å². The third-order valence-electron chi connectivity index (χ3n) is 2.12. The Morgan fingerprint density at radius 2 is 1.94 bits per heavy atom. The number of ketones is 1. The first-order valence-corrected chi connectivity index (χ1v) is 5.08. The Morgan fingerprint density at radius 1 is 1.31 bits per heavy atom. The Hall–Kier alpha value is -1.71. The van der Waals surface area contributed by atoms with Gasteiger partial charge in [-0.2, -0.15) is 0 Å². The third-order valence-corrected chi connectivity index (χ3v) is 2.12. The van der Waals surface area contributed by atoms with Crippen LogP contribution in [0.1, 0.15) is 24.2 Å². The van der Waals surface area contributed by atoms with Crippen LogP contribution < -0.4 is 5.32 Å². The van der Waals surface area contributed by atoms with E-state index in [1.807, 2.05) is 0 Å². The Kier molecular flexibility index (Phi) is 4.17. The Balaban J connectivity index is 2.60. The molecule has 0 bridgehead atoms. The summed E-state index contributed by atoms with van der Waals surface area (Å²) in [7, 11) is 0. The fourth-order valence-electron chi connectivity index (χ4n) is 1.15. The first-order valence-electron chi connectivity index (χ1n) is 5.08. The molecule has 1 aromatic carbocycles. The van der Waals surface area contributed by atoms with Crippen molar-refractivity contribution in [2.75, 3.05) is 6.54 Å². The van der Waals surface area contributed by atoms with Crippen LogP contribution in [0.5, 0.6) is 0 Å². The lowest BCUT2D eigenvalue weighted by atomic mass is 10.1. The van der Waals surface area contributed by atoms with Crippen molar-refractivity contribution in [2.45, 2.75) is 13.8 Å². The van der Waals surface area contributed by atoms with Gasteiger partial charge in [0.15, 0.2) is 5.78 Å². The smallest absolute Gasteiger partial charge is 0.222 e. The summed E-state index contributed by atoms with van der Waals surface area (Å²) >= 11 is 0. The molecule has 0 spiro atoms. The molecular weight excluding hydrogens is 209 g/mol. The van der Waals surface area contributed by atoms with Gasteiger partial charge in [0.25, 0.3) is 0 Å². The van der Waals surface area contributed by atoms with Crippen LogP contribution in [-0.4, -0.2) is 18.2 Å². The number of hydrogen-bond acceptors (Lipinski definition) is 2. The highest BCUT2D eigenvalue weighted by Gasteiger charge is 2.13. The zero-order chi connectivity index (χ0) is 12.1. The number of amides is 1. The Morgan fingerprint density at radius 3 is 2.50 bits per heavy atom.